The summed E-state index contributed by atoms with van der Waals surface area (Å²) in [5.74, 6) is 0.619. The number of nitriles is 1. The topological polar surface area (TPSA) is 108 Å². The molecule has 3 heterocycles. The zero-order chi connectivity index (χ0) is 23.4. The van der Waals surface area contributed by atoms with Crippen LogP contribution in [0, 0.1) is 11.3 Å². The van der Waals surface area contributed by atoms with Crippen molar-refractivity contribution in [3.05, 3.63) is 83.4 Å². The second-order valence-corrected chi connectivity index (χ2v) is 9.14. The van der Waals surface area contributed by atoms with Gasteiger partial charge in [0.2, 0.25) is 5.65 Å². The molecule has 1 unspecified atom stereocenters. The number of nitrogen functional groups attached to an aromatic ring is 1. The molecule has 5 rings (SSSR count). The minimum Gasteiger partial charge on any atom is -0.384 e. The van der Waals surface area contributed by atoms with Gasteiger partial charge in [-0.3, -0.25) is 0 Å². The third kappa shape index (κ3) is 4.37. The summed E-state index contributed by atoms with van der Waals surface area (Å²) in [6, 6.07) is 25.3. The molecule has 0 spiro atoms. The van der Waals surface area contributed by atoms with Crippen LogP contribution in [0.25, 0.3) is 11.2 Å². The number of nitrogens with one attached hydrogen (secondary N) is 1. The Morgan fingerprint density at radius 2 is 1.74 bits per heavy atom. The summed E-state index contributed by atoms with van der Waals surface area (Å²) in [7, 11) is 0. The molecular weight excluding hydrogens is 422 g/mol. The summed E-state index contributed by atoms with van der Waals surface area (Å²) >= 11 is 0. The van der Waals surface area contributed by atoms with Crippen LogP contribution in [0.3, 0.4) is 0 Å². The Morgan fingerprint density at radius 3 is 2.44 bits per heavy atom. The molecule has 34 heavy (non-hydrogen) atoms. The van der Waals surface area contributed by atoms with Gasteiger partial charge in [-0.2, -0.15) is 15.6 Å². The molecular formula is C27H29N7. The zero-order valence-electron chi connectivity index (χ0n) is 19.2. The standard InChI is InChI=1S/C27H29N7/c28-19-27(21-10-5-2-6-11-21)13-16-34(17-14-27)15-7-12-22(20-8-3-1-4-9-20)23-18-24(29)30-26-25(23)31-33-32-26/h1-6,8-11,18,22H,7,12-17H2,(H3,29,30,31,32,33). The number of rotatable bonds is 7. The van der Waals surface area contributed by atoms with Crippen LogP contribution in [0.2, 0.25) is 0 Å². The van der Waals surface area contributed by atoms with E-state index < -0.39 is 0 Å². The third-order valence-electron chi connectivity index (χ3n) is 7.14. The van der Waals surface area contributed by atoms with Crippen LogP contribution in [0.4, 0.5) is 5.82 Å². The lowest BCUT2D eigenvalue weighted by Crippen LogP contribution is -2.42. The second-order valence-electron chi connectivity index (χ2n) is 9.14. The van der Waals surface area contributed by atoms with E-state index in [0.717, 1.165) is 62.0 Å². The van der Waals surface area contributed by atoms with Crippen LogP contribution < -0.4 is 5.73 Å². The number of hydrogen-bond acceptors (Lipinski definition) is 6. The first-order valence-electron chi connectivity index (χ1n) is 11.9. The number of piperidine rings is 1. The number of benzene rings is 2. The largest absolute Gasteiger partial charge is 0.384 e. The molecule has 2 aromatic carbocycles. The lowest BCUT2D eigenvalue weighted by molar-refractivity contribution is 0.183. The minimum atomic E-state index is -0.364. The van der Waals surface area contributed by atoms with E-state index in [1.807, 2.05) is 30.3 Å². The normalized spacial score (nSPS) is 16.8. The van der Waals surface area contributed by atoms with E-state index in [9.17, 15) is 5.26 Å². The quantitative estimate of drug-likeness (QED) is 0.431. The molecule has 1 atom stereocenters. The molecule has 0 radical (unpaired) electrons. The molecule has 1 fully saturated rings. The van der Waals surface area contributed by atoms with Gasteiger partial charge in [-0.15, -0.1) is 5.10 Å². The number of nitrogens with zero attached hydrogens (tertiary/aromatic N) is 5. The van der Waals surface area contributed by atoms with Gasteiger partial charge >= 0.3 is 0 Å². The van der Waals surface area contributed by atoms with Gasteiger partial charge in [-0.1, -0.05) is 60.7 Å². The summed E-state index contributed by atoms with van der Waals surface area (Å²) in [4.78, 5) is 6.80. The fourth-order valence-electron chi connectivity index (χ4n) is 5.23. The first-order chi connectivity index (χ1) is 16.7. The van der Waals surface area contributed by atoms with Crippen molar-refractivity contribution in [3.63, 3.8) is 0 Å². The van der Waals surface area contributed by atoms with Crippen LogP contribution in [0.15, 0.2) is 66.7 Å². The Balaban J connectivity index is 1.28. The van der Waals surface area contributed by atoms with Crippen molar-refractivity contribution < 1.29 is 0 Å². The van der Waals surface area contributed by atoms with Crippen molar-refractivity contribution in [1.29, 1.82) is 5.26 Å². The zero-order valence-corrected chi connectivity index (χ0v) is 19.2. The maximum Gasteiger partial charge on any atom is 0.203 e. The fourth-order valence-corrected chi connectivity index (χ4v) is 5.23. The Bertz CT molecular complexity index is 1270. The highest BCUT2D eigenvalue weighted by molar-refractivity contribution is 5.77. The van der Waals surface area contributed by atoms with Gasteiger partial charge in [0.05, 0.1) is 11.5 Å². The van der Waals surface area contributed by atoms with Crippen LogP contribution in [0.1, 0.15) is 48.3 Å². The predicted octanol–water partition coefficient (Wildman–Crippen LogP) is 4.40. The molecule has 1 aliphatic heterocycles. The van der Waals surface area contributed by atoms with E-state index in [2.05, 4.69) is 67.8 Å². The first kappa shape index (κ1) is 22.1. The van der Waals surface area contributed by atoms with Gasteiger partial charge in [0.1, 0.15) is 11.3 Å². The molecule has 0 saturated carbocycles. The van der Waals surface area contributed by atoms with Gasteiger partial charge in [0.25, 0.3) is 0 Å². The summed E-state index contributed by atoms with van der Waals surface area (Å²) in [6.07, 6.45) is 3.74. The third-order valence-corrected chi connectivity index (χ3v) is 7.14. The summed E-state index contributed by atoms with van der Waals surface area (Å²) in [5, 5.41) is 21.2. The number of likely N-dealkylation sites (tertiary alicyclic amines) is 1. The summed E-state index contributed by atoms with van der Waals surface area (Å²) in [6.45, 7) is 2.88. The highest BCUT2D eigenvalue weighted by Gasteiger charge is 2.36. The molecule has 1 saturated heterocycles. The second kappa shape index (κ2) is 9.62. The Kier molecular flexibility index (Phi) is 6.24. The summed E-state index contributed by atoms with van der Waals surface area (Å²) < 4.78 is 0. The lowest BCUT2D eigenvalue weighted by Gasteiger charge is -2.37. The highest BCUT2D eigenvalue weighted by Crippen LogP contribution is 2.36. The number of nitrogens with two attached hydrogens (primary N) is 1. The van der Waals surface area contributed by atoms with Gasteiger partial charge < -0.3 is 10.6 Å². The van der Waals surface area contributed by atoms with Crippen molar-refractivity contribution in [2.75, 3.05) is 25.4 Å². The van der Waals surface area contributed by atoms with Gasteiger partial charge in [0.15, 0.2) is 0 Å². The van der Waals surface area contributed by atoms with Gasteiger partial charge in [0, 0.05) is 5.92 Å². The number of H-pyrrole nitrogens is 1. The SMILES string of the molecule is N#CC1(c2ccccc2)CCN(CCCC(c2ccccc2)c2cc(N)nc3n[nH]nc23)CC1. The molecule has 172 valence electrons. The molecule has 3 N–H and O–H groups in total. The van der Waals surface area contributed by atoms with E-state index in [4.69, 9.17) is 5.73 Å². The van der Waals surface area contributed by atoms with E-state index >= 15 is 0 Å². The number of pyridine rings is 1. The van der Waals surface area contributed by atoms with Crippen molar-refractivity contribution in [3.8, 4) is 6.07 Å². The number of anilines is 1. The number of hydrogen-bond donors (Lipinski definition) is 2. The smallest absolute Gasteiger partial charge is 0.203 e. The predicted molar refractivity (Wildman–Crippen MR) is 133 cm³/mol. The van der Waals surface area contributed by atoms with Crippen LogP contribution in [0.5, 0.6) is 0 Å². The maximum atomic E-state index is 9.98. The van der Waals surface area contributed by atoms with Gasteiger partial charge in [-0.05, 0) is 68.1 Å². The van der Waals surface area contributed by atoms with E-state index in [0.29, 0.717) is 11.5 Å². The minimum absolute atomic E-state index is 0.159. The molecule has 4 aromatic rings. The maximum absolute atomic E-state index is 9.98. The first-order valence-corrected chi connectivity index (χ1v) is 11.9. The van der Waals surface area contributed by atoms with Crippen molar-refractivity contribution in [1.82, 2.24) is 25.3 Å². The Hall–Kier alpha value is -3.76. The van der Waals surface area contributed by atoms with Crippen LogP contribution in [-0.4, -0.2) is 44.9 Å². The van der Waals surface area contributed by atoms with E-state index in [1.54, 1.807) is 0 Å². The lowest BCUT2D eigenvalue weighted by atomic mass is 9.74. The van der Waals surface area contributed by atoms with E-state index in [1.165, 1.54) is 5.56 Å². The molecule has 2 aromatic heterocycles. The Labute approximate surface area is 199 Å². The van der Waals surface area contributed by atoms with Crippen LogP contribution >= 0.6 is 0 Å². The van der Waals surface area contributed by atoms with E-state index in [-0.39, 0.29) is 11.3 Å². The average molecular weight is 452 g/mol. The van der Waals surface area contributed by atoms with Crippen LogP contribution in [-0.2, 0) is 5.41 Å². The number of aromatic nitrogens is 4. The number of fused-ring (bicyclic) bond motifs is 1. The molecule has 0 amide bonds. The molecule has 0 bridgehead atoms. The molecule has 7 heteroatoms. The summed E-state index contributed by atoms with van der Waals surface area (Å²) in [5.41, 5.74) is 10.5. The van der Waals surface area contributed by atoms with Crippen molar-refractivity contribution in [2.24, 2.45) is 0 Å². The molecule has 7 nitrogen and oxygen atoms in total. The Morgan fingerprint density at radius 1 is 1.03 bits per heavy atom. The molecule has 0 aliphatic carbocycles. The number of aromatic amines is 1. The van der Waals surface area contributed by atoms with Crippen molar-refractivity contribution >= 4 is 17.0 Å². The monoisotopic (exact) mass is 451 g/mol. The fraction of sp³-hybridized carbons (Fsp3) is 0.333. The van der Waals surface area contributed by atoms with Gasteiger partial charge in [-0.25, -0.2) is 4.98 Å². The average Bonchev–Trinajstić information content (AvgIpc) is 3.36. The van der Waals surface area contributed by atoms with Crippen molar-refractivity contribution in [2.45, 2.75) is 37.0 Å². The molecule has 1 aliphatic rings. The highest BCUT2D eigenvalue weighted by atomic mass is 15.3.